The molecule has 0 radical (unpaired) electrons. The van der Waals surface area contributed by atoms with Gasteiger partial charge in [0, 0.05) is 17.8 Å². The summed E-state index contributed by atoms with van der Waals surface area (Å²) in [7, 11) is 0. The second-order valence-electron chi connectivity index (χ2n) is 13.3. The molecule has 0 saturated heterocycles. The standard InChI is InChI=1S/C37H35N.C5H12.C3H8/c1-27-15-21-33(22-16-27)37(34-23-19-30(20-24-34)17-18-31-12-8-9-28(2)25-31)36-14-7-6-13-35(36)29(3)38(37)26-32-10-4-5-11-32;1-4-5(2)3;1-3-2/h4-10,12-16,19-25H,3,11,17-18,26H2,1-2H3;5H,4H2,1-3H3;3H2,1-2H3. The van der Waals surface area contributed by atoms with Gasteiger partial charge >= 0.3 is 0 Å². The summed E-state index contributed by atoms with van der Waals surface area (Å²) in [5, 5.41) is 0. The molecule has 0 fully saturated rings. The summed E-state index contributed by atoms with van der Waals surface area (Å²) in [4.78, 5) is 2.54. The molecule has 240 valence electrons. The molecule has 46 heavy (non-hydrogen) atoms. The van der Waals surface area contributed by atoms with Crippen LogP contribution >= 0.6 is 0 Å². The monoisotopic (exact) mass is 609 g/mol. The Labute approximate surface area is 280 Å². The van der Waals surface area contributed by atoms with Gasteiger partial charge in [-0.25, -0.2) is 0 Å². The summed E-state index contributed by atoms with van der Waals surface area (Å²) in [6.07, 6.45) is 12.3. The van der Waals surface area contributed by atoms with Crippen LogP contribution in [0.2, 0.25) is 0 Å². The molecular formula is C45H55N. The van der Waals surface area contributed by atoms with Gasteiger partial charge in [-0.2, -0.15) is 0 Å². The summed E-state index contributed by atoms with van der Waals surface area (Å²) in [6, 6.07) is 36.2. The number of aryl methyl sites for hydroxylation is 4. The molecular weight excluding hydrogens is 555 g/mol. The van der Waals surface area contributed by atoms with Gasteiger partial charge in [0.15, 0.2) is 0 Å². The minimum Gasteiger partial charge on any atom is -0.350 e. The van der Waals surface area contributed by atoms with Crippen molar-refractivity contribution in [1.82, 2.24) is 4.90 Å². The summed E-state index contributed by atoms with van der Waals surface area (Å²) >= 11 is 0. The third-order valence-corrected chi connectivity index (χ3v) is 9.01. The molecule has 1 aliphatic carbocycles. The Hall–Kier alpha value is -4.10. The molecule has 1 unspecified atom stereocenters. The predicted molar refractivity (Wildman–Crippen MR) is 201 cm³/mol. The Morgan fingerprint density at radius 3 is 1.93 bits per heavy atom. The van der Waals surface area contributed by atoms with Crippen LogP contribution in [0.1, 0.15) is 98.4 Å². The number of allylic oxidation sites excluding steroid dienone is 3. The van der Waals surface area contributed by atoms with E-state index in [0.29, 0.717) is 0 Å². The smallest absolute Gasteiger partial charge is 0.117 e. The van der Waals surface area contributed by atoms with Crippen molar-refractivity contribution in [3.8, 4) is 0 Å². The van der Waals surface area contributed by atoms with Crippen molar-refractivity contribution >= 4 is 5.70 Å². The molecule has 1 aliphatic heterocycles. The first-order valence-corrected chi connectivity index (χ1v) is 17.4. The fraction of sp³-hybridized carbons (Fsp3) is 0.333. The summed E-state index contributed by atoms with van der Waals surface area (Å²) in [6.45, 7) is 20.7. The second-order valence-corrected chi connectivity index (χ2v) is 13.3. The van der Waals surface area contributed by atoms with Crippen molar-refractivity contribution in [2.75, 3.05) is 6.54 Å². The van der Waals surface area contributed by atoms with E-state index in [1.165, 1.54) is 62.9 Å². The van der Waals surface area contributed by atoms with E-state index in [1.807, 2.05) is 0 Å². The number of rotatable bonds is 8. The predicted octanol–water partition coefficient (Wildman–Crippen LogP) is 12.0. The maximum atomic E-state index is 4.65. The van der Waals surface area contributed by atoms with Gasteiger partial charge in [0.2, 0.25) is 0 Å². The van der Waals surface area contributed by atoms with Crippen molar-refractivity contribution in [3.63, 3.8) is 0 Å². The Balaban J connectivity index is 0.000000541. The first-order chi connectivity index (χ1) is 22.2. The van der Waals surface area contributed by atoms with Gasteiger partial charge in [-0.15, -0.1) is 0 Å². The molecule has 1 atom stereocenters. The van der Waals surface area contributed by atoms with Crippen LogP contribution in [0.25, 0.3) is 5.70 Å². The molecule has 2 aliphatic rings. The molecule has 4 aromatic carbocycles. The molecule has 0 aromatic heterocycles. The van der Waals surface area contributed by atoms with Crippen LogP contribution < -0.4 is 0 Å². The molecule has 1 heteroatoms. The minimum absolute atomic E-state index is 0.431. The number of hydrogen-bond acceptors (Lipinski definition) is 1. The molecule has 1 nitrogen and oxygen atoms in total. The maximum Gasteiger partial charge on any atom is 0.117 e. The van der Waals surface area contributed by atoms with E-state index in [1.54, 1.807) is 0 Å². The molecule has 0 amide bonds. The summed E-state index contributed by atoms with van der Waals surface area (Å²) in [5.74, 6) is 0.884. The summed E-state index contributed by atoms with van der Waals surface area (Å²) < 4.78 is 0. The van der Waals surface area contributed by atoms with E-state index in [0.717, 1.165) is 37.4 Å². The van der Waals surface area contributed by atoms with E-state index in [-0.39, 0.29) is 0 Å². The maximum absolute atomic E-state index is 4.65. The molecule has 0 bridgehead atoms. The first-order valence-electron chi connectivity index (χ1n) is 17.4. The van der Waals surface area contributed by atoms with Crippen molar-refractivity contribution in [3.05, 3.63) is 172 Å². The lowest BCUT2D eigenvalue weighted by Crippen LogP contribution is -2.43. The van der Waals surface area contributed by atoms with E-state index in [4.69, 9.17) is 0 Å². The largest absolute Gasteiger partial charge is 0.350 e. The molecule has 6 rings (SSSR count). The van der Waals surface area contributed by atoms with Crippen molar-refractivity contribution < 1.29 is 0 Å². The lowest BCUT2D eigenvalue weighted by molar-refractivity contribution is 0.286. The van der Waals surface area contributed by atoms with Gasteiger partial charge in [-0.1, -0.05) is 180 Å². The molecule has 0 saturated carbocycles. The van der Waals surface area contributed by atoms with Gasteiger partial charge in [0.05, 0.1) is 0 Å². The van der Waals surface area contributed by atoms with Crippen molar-refractivity contribution in [2.45, 2.75) is 86.1 Å². The Morgan fingerprint density at radius 1 is 0.739 bits per heavy atom. The molecule has 1 heterocycles. The fourth-order valence-corrected chi connectivity index (χ4v) is 6.22. The van der Waals surface area contributed by atoms with Crippen molar-refractivity contribution in [1.29, 1.82) is 0 Å². The Kier molecular flexibility index (Phi) is 12.4. The van der Waals surface area contributed by atoms with Crippen LogP contribution in [-0.4, -0.2) is 11.4 Å². The first kappa shape index (κ1) is 34.8. The lowest BCUT2D eigenvalue weighted by atomic mass is 9.76. The van der Waals surface area contributed by atoms with Crippen LogP contribution in [0.5, 0.6) is 0 Å². The van der Waals surface area contributed by atoms with Gasteiger partial charge in [-0.05, 0) is 72.4 Å². The fourth-order valence-electron chi connectivity index (χ4n) is 6.22. The van der Waals surface area contributed by atoms with E-state index in [9.17, 15) is 0 Å². The van der Waals surface area contributed by atoms with Crippen LogP contribution in [0.15, 0.2) is 127 Å². The molecule has 4 aromatic rings. The number of nitrogens with zero attached hydrogens (tertiary/aromatic N) is 1. The highest BCUT2D eigenvalue weighted by atomic mass is 15.2. The highest BCUT2D eigenvalue weighted by Gasteiger charge is 2.49. The number of benzene rings is 4. The number of hydrogen-bond donors (Lipinski definition) is 0. The highest BCUT2D eigenvalue weighted by Crippen LogP contribution is 2.53. The van der Waals surface area contributed by atoms with E-state index >= 15 is 0 Å². The van der Waals surface area contributed by atoms with E-state index in [2.05, 4.69) is 175 Å². The average Bonchev–Trinajstić information content (AvgIpc) is 3.67. The topological polar surface area (TPSA) is 3.24 Å². The lowest BCUT2D eigenvalue weighted by Gasteiger charge is -2.42. The SMILES string of the molecule is C=C1c2ccccc2C(c2ccc(C)cc2)(c2ccc(CCc3cccc(C)c3)cc2)N1CC1=CC=CC1.CCC.CCC(C)C. The average molecular weight is 610 g/mol. The zero-order chi connectivity index (χ0) is 33.1. The van der Waals surface area contributed by atoms with Gasteiger partial charge < -0.3 is 4.90 Å². The normalized spacial score (nSPS) is 16.4. The minimum atomic E-state index is -0.431. The molecule has 0 N–H and O–H groups in total. The van der Waals surface area contributed by atoms with Gasteiger partial charge in [0.1, 0.15) is 5.54 Å². The zero-order valence-corrected chi connectivity index (χ0v) is 29.4. The third kappa shape index (κ3) is 8.00. The van der Waals surface area contributed by atoms with Crippen molar-refractivity contribution in [2.24, 2.45) is 5.92 Å². The molecule has 0 spiro atoms. The van der Waals surface area contributed by atoms with Gasteiger partial charge in [0.25, 0.3) is 0 Å². The zero-order valence-electron chi connectivity index (χ0n) is 29.4. The van der Waals surface area contributed by atoms with Crippen LogP contribution in [0.4, 0.5) is 0 Å². The Bertz CT molecular complexity index is 1620. The van der Waals surface area contributed by atoms with Crippen LogP contribution in [0.3, 0.4) is 0 Å². The number of fused-ring (bicyclic) bond motifs is 1. The van der Waals surface area contributed by atoms with Gasteiger partial charge in [-0.3, -0.25) is 0 Å². The second kappa shape index (κ2) is 16.5. The van der Waals surface area contributed by atoms with Crippen LogP contribution in [0, 0.1) is 19.8 Å². The Morgan fingerprint density at radius 2 is 1.35 bits per heavy atom. The van der Waals surface area contributed by atoms with Crippen LogP contribution in [-0.2, 0) is 18.4 Å². The quantitative estimate of drug-likeness (QED) is 0.192. The highest BCUT2D eigenvalue weighted by molar-refractivity contribution is 5.77. The van der Waals surface area contributed by atoms with E-state index < -0.39 is 5.54 Å². The summed E-state index contributed by atoms with van der Waals surface area (Å²) in [5.41, 5.74) is 12.6. The third-order valence-electron chi connectivity index (χ3n) is 9.01.